The molecule has 2 aromatic rings. The Kier molecular flexibility index (Phi) is 4.57. The smallest absolute Gasteiger partial charge is 0.192 e. The maximum atomic E-state index is 14.0. The third-order valence-electron chi connectivity index (χ3n) is 4.29. The number of nitrogens with zero attached hydrogens (tertiary/aromatic N) is 1. The molecule has 1 saturated heterocycles. The molecule has 0 spiro atoms. The number of hydrogen-bond acceptors (Lipinski definition) is 2. The van der Waals surface area contributed by atoms with Crippen molar-refractivity contribution < 1.29 is 13.5 Å². The Morgan fingerprint density at radius 3 is 2.61 bits per heavy atom. The van der Waals surface area contributed by atoms with Gasteiger partial charge in [-0.15, -0.1) is 0 Å². The zero-order valence-electron chi connectivity index (χ0n) is 13.0. The van der Waals surface area contributed by atoms with Crippen LogP contribution in [0.25, 0.3) is 11.1 Å². The molecule has 3 nitrogen and oxygen atoms in total. The Morgan fingerprint density at radius 1 is 1.17 bits per heavy atom. The Balaban J connectivity index is 1.98. The summed E-state index contributed by atoms with van der Waals surface area (Å²) in [7, 11) is 0. The molecule has 0 aliphatic carbocycles. The lowest BCUT2D eigenvalue weighted by molar-refractivity contribution is 0.0612. The molecule has 0 atom stereocenters. The van der Waals surface area contributed by atoms with Gasteiger partial charge in [-0.2, -0.15) is 0 Å². The van der Waals surface area contributed by atoms with Gasteiger partial charge in [0.15, 0.2) is 5.43 Å². The average Bonchev–Trinajstić information content (AvgIpc) is 2.52. The van der Waals surface area contributed by atoms with E-state index in [-0.39, 0.29) is 16.6 Å². The van der Waals surface area contributed by atoms with Crippen molar-refractivity contribution in [2.24, 2.45) is 5.92 Å². The Morgan fingerprint density at radius 2 is 1.91 bits per heavy atom. The molecular formula is C18H19F2NO2. The summed E-state index contributed by atoms with van der Waals surface area (Å²) in [5, 5.41) is 0. The van der Waals surface area contributed by atoms with Gasteiger partial charge in [-0.25, -0.2) is 8.78 Å². The van der Waals surface area contributed by atoms with Crippen molar-refractivity contribution in [1.82, 2.24) is 4.57 Å². The third kappa shape index (κ3) is 3.50. The van der Waals surface area contributed by atoms with Gasteiger partial charge in [0, 0.05) is 54.9 Å². The summed E-state index contributed by atoms with van der Waals surface area (Å²) in [5.41, 5.74) is 0.743. The predicted molar refractivity (Wildman–Crippen MR) is 84.3 cm³/mol. The van der Waals surface area contributed by atoms with Gasteiger partial charge in [0.2, 0.25) is 0 Å². The van der Waals surface area contributed by atoms with E-state index in [9.17, 15) is 13.6 Å². The number of aryl methyl sites for hydroxylation is 1. The van der Waals surface area contributed by atoms with Crippen LogP contribution >= 0.6 is 0 Å². The first kappa shape index (κ1) is 15.9. The minimum Gasteiger partial charge on any atom is -0.381 e. The van der Waals surface area contributed by atoms with Crippen molar-refractivity contribution in [2.45, 2.75) is 26.3 Å². The van der Waals surface area contributed by atoms with E-state index in [0.29, 0.717) is 11.5 Å². The molecule has 0 saturated carbocycles. The zero-order valence-corrected chi connectivity index (χ0v) is 13.0. The number of pyridine rings is 1. The zero-order chi connectivity index (χ0) is 16.4. The van der Waals surface area contributed by atoms with Crippen LogP contribution < -0.4 is 5.43 Å². The summed E-state index contributed by atoms with van der Waals surface area (Å²) in [6.07, 6.45) is 5.42. The van der Waals surface area contributed by atoms with Crippen LogP contribution in [0, 0.1) is 24.5 Å². The highest BCUT2D eigenvalue weighted by molar-refractivity contribution is 5.63. The van der Waals surface area contributed by atoms with Gasteiger partial charge >= 0.3 is 0 Å². The lowest BCUT2D eigenvalue weighted by atomic mass is 9.99. The van der Waals surface area contributed by atoms with E-state index in [1.54, 1.807) is 19.3 Å². The van der Waals surface area contributed by atoms with Gasteiger partial charge in [0.25, 0.3) is 0 Å². The topological polar surface area (TPSA) is 31.2 Å². The SMILES string of the molecule is Cc1cn(CC2CCOCC2)cc(-c2ccc(F)cc2F)c1=O. The summed E-state index contributed by atoms with van der Waals surface area (Å²) in [6, 6.07) is 3.29. The molecule has 0 radical (unpaired) electrons. The molecule has 23 heavy (non-hydrogen) atoms. The van der Waals surface area contributed by atoms with Crippen molar-refractivity contribution >= 4 is 0 Å². The number of benzene rings is 1. The van der Waals surface area contributed by atoms with E-state index < -0.39 is 11.6 Å². The minimum absolute atomic E-state index is 0.140. The van der Waals surface area contributed by atoms with Crippen LogP contribution in [0.15, 0.2) is 35.4 Å². The van der Waals surface area contributed by atoms with Gasteiger partial charge in [-0.3, -0.25) is 4.79 Å². The largest absolute Gasteiger partial charge is 0.381 e. The first-order valence-corrected chi connectivity index (χ1v) is 7.78. The number of rotatable bonds is 3. The molecule has 1 aliphatic heterocycles. The van der Waals surface area contributed by atoms with Crippen LogP contribution in [-0.2, 0) is 11.3 Å². The maximum absolute atomic E-state index is 14.0. The summed E-state index contributed by atoms with van der Waals surface area (Å²) in [5.74, 6) is -0.886. The van der Waals surface area contributed by atoms with Crippen LogP contribution in [0.3, 0.4) is 0 Å². The second kappa shape index (κ2) is 6.62. The van der Waals surface area contributed by atoms with Crippen molar-refractivity contribution in [1.29, 1.82) is 0 Å². The molecule has 122 valence electrons. The third-order valence-corrected chi connectivity index (χ3v) is 4.29. The first-order chi connectivity index (χ1) is 11.0. The molecule has 0 N–H and O–H groups in total. The highest BCUT2D eigenvalue weighted by Gasteiger charge is 2.16. The summed E-state index contributed by atoms with van der Waals surface area (Å²) in [4.78, 5) is 12.4. The Bertz CT molecular complexity index is 764. The Labute approximate surface area is 133 Å². The second-order valence-electron chi connectivity index (χ2n) is 6.06. The van der Waals surface area contributed by atoms with Crippen LogP contribution in [0.4, 0.5) is 8.78 Å². The first-order valence-electron chi connectivity index (χ1n) is 7.78. The fourth-order valence-corrected chi connectivity index (χ4v) is 3.01. The van der Waals surface area contributed by atoms with Crippen LogP contribution in [-0.4, -0.2) is 17.8 Å². The van der Waals surface area contributed by atoms with E-state index >= 15 is 0 Å². The van der Waals surface area contributed by atoms with E-state index in [0.717, 1.165) is 38.7 Å². The standard InChI is InChI=1S/C18H19F2NO2/c1-12-9-21(10-13-4-6-23-7-5-13)11-16(18(12)22)15-3-2-14(19)8-17(15)20/h2-3,8-9,11,13H,4-7,10H2,1H3. The Hall–Kier alpha value is -2.01. The van der Waals surface area contributed by atoms with Gasteiger partial charge in [0.05, 0.1) is 0 Å². The molecule has 5 heteroatoms. The molecule has 2 heterocycles. The summed E-state index contributed by atoms with van der Waals surface area (Å²) < 4.78 is 34.4. The summed E-state index contributed by atoms with van der Waals surface area (Å²) in [6.45, 7) is 3.99. The average molecular weight is 319 g/mol. The minimum atomic E-state index is -0.717. The number of hydrogen-bond donors (Lipinski definition) is 0. The monoisotopic (exact) mass is 319 g/mol. The second-order valence-corrected chi connectivity index (χ2v) is 6.06. The fraction of sp³-hybridized carbons (Fsp3) is 0.389. The quantitative estimate of drug-likeness (QED) is 0.866. The molecule has 1 aliphatic rings. The van der Waals surface area contributed by atoms with E-state index in [1.165, 1.54) is 12.1 Å². The van der Waals surface area contributed by atoms with E-state index in [4.69, 9.17) is 4.74 Å². The number of aromatic nitrogens is 1. The molecule has 1 aromatic heterocycles. The van der Waals surface area contributed by atoms with Crippen LogP contribution in [0.5, 0.6) is 0 Å². The van der Waals surface area contributed by atoms with Crippen molar-refractivity contribution in [2.75, 3.05) is 13.2 Å². The highest BCUT2D eigenvalue weighted by atomic mass is 19.1. The van der Waals surface area contributed by atoms with Gasteiger partial charge in [-0.05, 0) is 37.8 Å². The molecule has 0 bridgehead atoms. The normalized spacial score (nSPS) is 15.8. The summed E-state index contributed by atoms with van der Waals surface area (Å²) >= 11 is 0. The molecule has 1 fully saturated rings. The lowest BCUT2D eigenvalue weighted by Gasteiger charge is -2.23. The molecular weight excluding hydrogens is 300 g/mol. The van der Waals surface area contributed by atoms with Gasteiger partial charge in [0.1, 0.15) is 11.6 Å². The highest BCUT2D eigenvalue weighted by Crippen LogP contribution is 2.22. The van der Waals surface area contributed by atoms with E-state index in [2.05, 4.69) is 0 Å². The van der Waals surface area contributed by atoms with Gasteiger partial charge in [-0.1, -0.05) is 0 Å². The van der Waals surface area contributed by atoms with Gasteiger partial charge < -0.3 is 9.30 Å². The van der Waals surface area contributed by atoms with Crippen molar-refractivity contribution in [3.05, 3.63) is 58.0 Å². The predicted octanol–water partition coefficient (Wildman–Crippen LogP) is 3.53. The molecule has 0 amide bonds. The molecule has 0 unspecified atom stereocenters. The van der Waals surface area contributed by atoms with Crippen LogP contribution in [0.2, 0.25) is 0 Å². The van der Waals surface area contributed by atoms with E-state index in [1.807, 2.05) is 4.57 Å². The van der Waals surface area contributed by atoms with Crippen molar-refractivity contribution in [3.63, 3.8) is 0 Å². The fourth-order valence-electron chi connectivity index (χ4n) is 3.01. The van der Waals surface area contributed by atoms with Crippen molar-refractivity contribution in [3.8, 4) is 11.1 Å². The molecule has 3 rings (SSSR count). The van der Waals surface area contributed by atoms with Crippen LogP contribution in [0.1, 0.15) is 18.4 Å². The lowest BCUT2D eigenvalue weighted by Crippen LogP contribution is -2.22. The number of ether oxygens (including phenoxy) is 1. The molecule has 1 aromatic carbocycles. The number of halogens is 2. The maximum Gasteiger partial charge on any atom is 0.192 e.